The summed E-state index contributed by atoms with van der Waals surface area (Å²) in [7, 11) is 0. The summed E-state index contributed by atoms with van der Waals surface area (Å²) in [5.74, 6) is -0.0619. The number of nitrogens with zero attached hydrogens (tertiary/aromatic N) is 3. The maximum Gasteiger partial charge on any atom is 0.256 e. The number of rotatable bonds is 4. The molecule has 4 rings (SSSR count). The molecule has 2 amide bonds. The Labute approximate surface area is 188 Å². The van der Waals surface area contributed by atoms with Gasteiger partial charge in [0.2, 0.25) is 5.91 Å². The van der Waals surface area contributed by atoms with Gasteiger partial charge in [-0.05, 0) is 49.6 Å². The molecule has 0 radical (unpaired) electrons. The summed E-state index contributed by atoms with van der Waals surface area (Å²) in [5, 5.41) is 3.59. The highest BCUT2D eigenvalue weighted by Gasteiger charge is 2.27. The monoisotopic (exact) mass is 440 g/mol. The summed E-state index contributed by atoms with van der Waals surface area (Å²) in [6, 6.07) is 13.5. The number of carbonyl (C=O) groups excluding carboxylic acids is 2. The molecule has 2 aliphatic rings. The Morgan fingerprint density at radius 1 is 0.839 bits per heavy atom. The number of anilines is 3. The van der Waals surface area contributed by atoms with Gasteiger partial charge in [0.05, 0.1) is 22.0 Å². The average Bonchev–Trinajstić information content (AvgIpc) is 2.79. The first kappa shape index (κ1) is 21.5. The summed E-state index contributed by atoms with van der Waals surface area (Å²) in [6.07, 6.45) is 3.46. The molecule has 1 N–H and O–H groups in total. The Morgan fingerprint density at radius 2 is 1.52 bits per heavy atom. The van der Waals surface area contributed by atoms with E-state index in [0.29, 0.717) is 18.7 Å². The first-order chi connectivity index (χ1) is 15.0. The van der Waals surface area contributed by atoms with E-state index < -0.39 is 0 Å². The minimum absolute atomic E-state index is 0.0498. The van der Waals surface area contributed by atoms with Crippen LogP contribution >= 0.6 is 11.6 Å². The summed E-state index contributed by atoms with van der Waals surface area (Å²) in [5.41, 5.74) is 3.38. The van der Waals surface area contributed by atoms with Crippen LogP contribution in [0.25, 0.3) is 0 Å². The zero-order valence-electron chi connectivity index (χ0n) is 17.9. The van der Waals surface area contributed by atoms with Crippen molar-refractivity contribution >= 4 is 40.5 Å². The molecule has 164 valence electrons. The van der Waals surface area contributed by atoms with Crippen molar-refractivity contribution in [1.29, 1.82) is 0 Å². The molecule has 2 aliphatic heterocycles. The van der Waals surface area contributed by atoms with Gasteiger partial charge < -0.3 is 20.0 Å². The van der Waals surface area contributed by atoms with Crippen LogP contribution in [0, 0.1) is 0 Å². The Hall–Kier alpha value is -2.73. The summed E-state index contributed by atoms with van der Waals surface area (Å²) >= 11 is 6.35. The van der Waals surface area contributed by atoms with Crippen molar-refractivity contribution in [3.63, 3.8) is 0 Å². The maximum absolute atomic E-state index is 13.5. The molecular weight excluding hydrogens is 412 g/mol. The predicted octanol–water partition coefficient (Wildman–Crippen LogP) is 4.25. The molecule has 31 heavy (non-hydrogen) atoms. The molecular formula is C24H29ClN4O2. The van der Waals surface area contributed by atoms with Crippen LogP contribution in [0.4, 0.5) is 17.1 Å². The van der Waals surface area contributed by atoms with Crippen LogP contribution in [0.1, 0.15) is 36.5 Å². The van der Waals surface area contributed by atoms with E-state index in [2.05, 4.69) is 15.1 Å². The lowest BCUT2D eigenvalue weighted by atomic mass is 10.0. The van der Waals surface area contributed by atoms with E-state index in [1.165, 1.54) is 13.3 Å². The third kappa shape index (κ3) is 4.96. The van der Waals surface area contributed by atoms with Crippen LogP contribution < -0.4 is 15.1 Å². The van der Waals surface area contributed by atoms with Gasteiger partial charge in [0.1, 0.15) is 0 Å². The number of carbonyl (C=O) groups is 2. The molecule has 6 nitrogen and oxygen atoms in total. The highest BCUT2D eigenvalue weighted by Crippen LogP contribution is 2.30. The van der Waals surface area contributed by atoms with Crippen LogP contribution in [-0.2, 0) is 4.79 Å². The molecule has 2 aromatic rings. The van der Waals surface area contributed by atoms with Crippen LogP contribution in [0.5, 0.6) is 0 Å². The molecule has 0 bridgehead atoms. The zero-order chi connectivity index (χ0) is 21.8. The van der Waals surface area contributed by atoms with Gasteiger partial charge in [-0.2, -0.15) is 0 Å². The Morgan fingerprint density at radius 3 is 2.19 bits per heavy atom. The molecule has 0 saturated carbocycles. The highest BCUT2D eigenvalue weighted by molar-refractivity contribution is 6.33. The fourth-order valence-electron chi connectivity index (χ4n) is 4.42. The van der Waals surface area contributed by atoms with Gasteiger partial charge in [0.25, 0.3) is 5.91 Å². The van der Waals surface area contributed by atoms with Gasteiger partial charge in [-0.3, -0.25) is 9.59 Å². The van der Waals surface area contributed by atoms with Gasteiger partial charge in [0.15, 0.2) is 0 Å². The normalized spacial score (nSPS) is 16.9. The number of amides is 2. The zero-order valence-corrected chi connectivity index (χ0v) is 18.7. The van der Waals surface area contributed by atoms with Crippen molar-refractivity contribution in [3.05, 3.63) is 53.1 Å². The van der Waals surface area contributed by atoms with Gasteiger partial charge in [0, 0.05) is 51.9 Å². The molecule has 2 heterocycles. The maximum atomic E-state index is 13.5. The van der Waals surface area contributed by atoms with E-state index in [-0.39, 0.29) is 11.8 Å². The van der Waals surface area contributed by atoms with E-state index in [0.717, 1.165) is 61.1 Å². The van der Waals surface area contributed by atoms with Crippen LogP contribution in [0.2, 0.25) is 5.02 Å². The number of halogens is 1. The number of benzene rings is 2. The molecule has 0 atom stereocenters. The molecule has 0 aliphatic carbocycles. The number of piperidine rings is 1. The number of hydrogen-bond donors (Lipinski definition) is 1. The highest BCUT2D eigenvalue weighted by atomic mass is 35.5. The molecule has 0 spiro atoms. The van der Waals surface area contributed by atoms with Gasteiger partial charge in [-0.25, -0.2) is 0 Å². The first-order valence-electron chi connectivity index (χ1n) is 11.0. The summed E-state index contributed by atoms with van der Waals surface area (Å²) < 4.78 is 0. The van der Waals surface area contributed by atoms with Crippen molar-refractivity contribution in [2.45, 2.75) is 26.2 Å². The molecule has 2 saturated heterocycles. The smallest absolute Gasteiger partial charge is 0.256 e. The molecule has 0 unspecified atom stereocenters. The Bertz CT molecular complexity index is 950. The lowest BCUT2D eigenvalue weighted by Crippen LogP contribution is -2.49. The van der Waals surface area contributed by atoms with Crippen LogP contribution in [0.3, 0.4) is 0 Å². The third-order valence-electron chi connectivity index (χ3n) is 6.01. The lowest BCUT2D eigenvalue weighted by Gasteiger charge is -2.37. The first-order valence-corrected chi connectivity index (χ1v) is 11.4. The molecule has 7 heteroatoms. The topological polar surface area (TPSA) is 55.9 Å². The Balaban J connectivity index is 1.52. The fourth-order valence-corrected chi connectivity index (χ4v) is 4.67. The van der Waals surface area contributed by atoms with Crippen molar-refractivity contribution in [1.82, 2.24) is 4.90 Å². The van der Waals surface area contributed by atoms with Crippen LogP contribution in [0.15, 0.2) is 42.5 Å². The number of hydrogen-bond acceptors (Lipinski definition) is 4. The molecule has 2 aromatic carbocycles. The van der Waals surface area contributed by atoms with E-state index in [1.54, 1.807) is 0 Å². The third-order valence-corrected chi connectivity index (χ3v) is 6.32. The van der Waals surface area contributed by atoms with Crippen molar-refractivity contribution in [2.24, 2.45) is 0 Å². The fraction of sp³-hybridized carbons (Fsp3) is 0.417. The van der Waals surface area contributed by atoms with E-state index in [9.17, 15) is 9.59 Å². The van der Waals surface area contributed by atoms with Crippen molar-refractivity contribution in [3.8, 4) is 0 Å². The SMILES string of the molecule is CC(=O)Nc1ccc(C(=O)N2CCN(c3ccccc3Cl)CC2)c(N2CCCCC2)c1. The second kappa shape index (κ2) is 9.60. The second-order valence-electron chi connectivity index (χ2n) is 8.19. The van der Waals surface area contributed by atoms with E-state index in [4.69, 9.17) is 11.6 Å². The van der Waals surface area contributed by atoms with Crippen molar-refractivity contribution < 1.29 is 9.59 Å². The van der Waals surface area contributed by atoms with Gasteiger partial charge >= 0.3 is 0 Å². The average molecular weight is 441 g/mol. The van der Waals surface area contributed by atoms with Crippen molar-refractivity contribution in [2.75, 3.05) is 54.4 Å². The summed E-state index contributed by atoms with van der Waals surface area (Å²) in [4.78, 5) is 31.4. The number of nitrogens with one attached hydrogen (secondary N) is 1. The molecule has 2 fully saturated rings. The quantitative estimate of drug-likeness (QED) is 0.772. The van der Waals surface area contributed by atoms with Gasteiger partial charge in [-0.1, -0.05) is 23.7 Å². The predicted molar refractivity (Wildman–Crippen MR) is 126 cm³/mol. The van der Waals surface area contributed by atoms with Gasteiger partial charge in [-0.15, -0.1) is 0 Å². The standard InChI is InChI=1S/C24H29ClN4O2/c1-18(30)26-19-9-10-20(23(17-19)27-11-5-2-6-12-27)24(31)29-15-13-28(14-16-29)22-8-4-3-7-21(22)25/h3-4,7-10,17H,2,5-6,11-16H2,1H3,(H,26,30). The number of piperazine rings is 1. The lowest BCUT2D eigenvalue weighted by molar-refractivity contribution is -0.114. The second-order valence-corrected chi connectivity index (χ2v) is 8.60. The molecule has 0 aromatic heterocycles. The minimum atomic E-state index is -0.112. The van der Waals surface area contributed by atoms with E-state index >= 15 is 0 Å². The van der Waals surface area contributed by atoms with E-state index in [1.807, 2.05) is 47.4 Å². The summed E-state index contributed by atoms with van der Waals surface area (Å²) in [6.45, 7) is 6.16. The number of para-hydroxylation sites is 1. The largest absolute Gasteiger partial charge is 0.371 e. The van der Waals surface area contributed by atoms with Crippen LogP contribution in [-0.4, -0.2) is 56.0 Å². The minimum Gasteiger partial charge on any atom is -0.371 e. The Kier molecular flexibility index (Phi) is 6.66.